The highest BCUT2D eigenvalue weighted by atomic mass is 16.3. The minimum absolute atomic E-state index is 0.568. The van der Waals surface area contributed by atoms with E-state index in [0.717, 1.165) is 82.5 Å². The Morgan fingerprint density at radius 2 is 0.815 bits per heavy atom. The molecule has 0 aliphatic carbocycles. The van der Waals surface area contributed by atoms with Crippen molar-refractivity contribution in [3.8, 4) is 56.4 Å². The zero-order chi connectivity index (χ0) is 35.6. The van der Waals surface area contributed by atoms with Gasteiger partial charge in [0.15, 0.2) is 17.5 Å². The van der Waals surface area contributed by atoms with E-state index in [1.165, 1.54) is 11.1 Å². The molecule has 0 amide bonds. The number of aromatic nitrogens is 3. The van der Waals surface area contributed by atoms with Gasteiger partial charge in [-0.25, -0.2) is 15.0 Å². The smallest absolute Gasteiger partial charge is 0.164 e. The lowest BCUT2D eigenvalue weighted by molar-refractivity contribution is 0.668. The molecular formula is C49H29N3O2. The molecule has 252 valence electrons. The second kappa shape index (κ2) is 12.1. The maximum Gasteiger partial charge on any atom is 0.164 e. The highest BCUT2D eigenvalue weighted by Gasteiger charge is 2.21. The Morgan fingerprint density at radius 3 is 1.56 bits per heavy atom. The molecule has 0 bridgehead atoms. The highest BCUT2D eigenvalue weighted by Crippen LogP contribution is 2.40. The normalized spacial score (nSPS) is 11.7. The molecule has 0 radical (unpaired) electrons. The molecule has 0 aliphatic rings. The van der Waals surface area contributed by atoms with Crippen LogP contribution in [0.4, 0.5) is 0 Å². The molecule has 54 heavy (non-hydrogen) atoms. The van der Waals surface area contributed by atoms with Crippen molar-refractivity contribution in [1.29, 1.82) is 0 Å². The molecule has 0 aliphatic heterocycles. The van der Waals surface area contributed by atoms with Crippen LogP contribution in [0.5, 0.6) is 0 Å². The summed E-state index contributed by atoms with van der Waals surface area (Å²) in [6, 6.07) is 60.5. The van der Waals surface area contributed by atoms with Crippen molar-refractivity contribution in [2.24, 2.45) is 0 Å². The summed E-state index contributed by atoms with van der Waals surface area (Å²) >= 11 is 0. The van der Waals surface area contributed by atoms with E-state index in [0.29, 0.717) is 17.5 Å². The standard InChI is InChI=1S/C49H29N3O2/c1-2-10-30(11-3-1)32-20-22-33(23-21-32)35-26-27-42-40(29-35)46-39(16-9-19-44(46)54-42)49-51-47(36-25-24-31-12-4-5-13-34(31)28-36)50-48(52-49)38-15-8-18-43-45(38)37-14-6-7-17-41(37)53-43/h1-29H. The van der Waals surface area contributed by atoms with Gasteiger partial charge in [0.25, 0.3) is 0 Å². The van der Waals surface area contributed by atoms with Gasteiger partial charge in [-0.05, 0) is 69.4 Å². The first kappa shape index (κ1) is 30.3. The van der Waals surface area contributed by atoms with E-state index in [4.69, 9.17) is 23.8 Å². The van der Waals surface area contributed by atoms with Gasteiger partial charge in [-0.2, -0.15) is 0 Å². The third-order valence-electron chi connectivity index (χ3n) is 10.3. The van der Waals surface area contributed by atoms with E-state index in [1.54, 1.807) is 0 Å². The van der Waals surface area contributed by atoms with Crippen LogP contribution in [0.15, 0.2) is 185 Å². The summed E-state index contributed by atoms with van der Waals surface area (Å²) in [6.45, 7) is 0. The van der Waals surface area contributed by atoms with Crippen molar-refractivity contribution in [1.82, 2.24) is 15.0 Å². The molecule has 8 aromatic carbocycles. The Labute approximate surface area is 309 Å². The van der Waals surface area contributed by atoms with Crippen LogP contribution in [-0.4, -0.2) is 15.0 Å². The van der Waals surface area contributed by atoms with Gasteiger partial charge in [0.2, 0.25) is 0 Å². The first-order valence-electron chi connectivity index (χ1n) is 18.0. The van der Waals surface area contributed by atoms with Crippen LogP contribution in [0.2, 0.25) is 0 Å². The Morgan fingerprint density at radius 1 is 0.296 bits per heavy atom. The Kier molecular flexibility index (Phi) is 6.79. The monoisotopic (exact) mass is 691 g/mol. The number of hydrogen-bond donors (Lipinski definition) is 0. The number of fused-ring (bicyclic) bond motifs is 7. The molecule has 3 heterocycles. The minimum atomic E-state index is 0.568. The van der Waals surface area contributed by atoms with Gasteiger partial charge >= 0.3 is 0 Å². The summed E-state index contributed by atoms with van der Waals surface area (Å²) in [5.41, 5.74) is 10.5. The molecule has 0 fully saturated rings. The van der Waals surface area contributed by atoms with Crippen molar-refractivity contribution in [2.45, 2.75) is 0 Å². The number of rotatable bonds is 5. The third-order valence-corrected chi connectivity index (χ3v) is 10.3. The Hall–Kier alpha value is -7.37. The van der Waals surface area contributed by atoms with Crippen molar-refractivity contribution in [3.63, 3.8) is 0 Å². The van der Waals surface area contributed by atoms with E-state index in [9.17, 15) is 0 Å². The highest BCUT2D eigenvalue weighted by molar-refractivity contribution is 6.14. The van der Waals surface area contributed by atoms with Crippen LogP contribution in [-0.2, 0) is 0 Å². The zero-order valence-corrected chi connectivity index (χ0v) is 28.9. The van der Waals surface area contributed by atoms with Gasteiger partial charge in [-0.1, -0.05) is 140 Å². The lowest BCUT2D eigenvalue weighted by atomic mass is 9.98. The Bertz CT molecular complexity index is 3210. The number of hydrogen-bond acceptors (Lipinski definition) is 5. The second-order valence-corrected chi connectivity index (χ2v) is 13.6. The molecule has 11 aromatic rings. The lowest BCUT2D eigenvalue weighted by Gasteiger charge is -2.11. The molecule has 3 aromatic heterocycles. The van der Waals surface area contributed by atoms with Crippen LogP contribution >= 0.6 is 0 Å². The van der Waals surface area contributed by atoms with Gasteiger partial charge in [0.05, 0.1) is 0 Å². The summed E-state index contributed by atoms with van der Waals surface area (Å²) in [7, 11) is 0. The molecule has 11 rings (SSSR count). The van der Waals surface area contributed by atoms with Gasteiger partial charge in [0.1, 0.15) is 22.3 Å². The van der Waals surface area contributed by atoms with Crippen LogP contribution in [0, 0.1) is 0 Å². The molecule has 0 N–H and O–H groups in total. The van der Waals surface area contributed by atoms with E-state index >= 15 is 0 Å². The molecule has 0 atom stereocenters. The van der Waals surface area contributed by atoms with Crippen molar-refractivity contribution in [3.05, 3.63) is 176 Å². The fourth-order valence-electron chi connectivity index (χ4n) is 7.71. The topological polar surface area (TPSA) is 65.0 Å². The van der Waals surface area contributed by atoms with Gasteiger partial charge in [-0.3, -0.25) is 0 Å². The second-order valence-electron chi connectivity index (χ2n) is 13.6. The van der Waals surface area contributed by atoms with Gasteiger partial charge in [-0.15, -0.1) is 0 Å². The molecule has 0 saturated carbocycles. The molecule has 0 saturated heterocycles. The predicted octanol–water partition coefficient (Wildman–Crippen LogP) is 13.2. The maximum absolute atomic E-state index is 6.47. The number of benzene rings is 8. The molecule has 5 nitrogen and oxygen atoms in total. The van der Waals surface area contributed by atoms with Crippen LogP contribution in [0.25, 0.3) is 111 Å². The molecular weight excluding hydrogens is 663 g/mol. The SMILES string of the molecule is c1ccc(-c2ccc(-c3ccc4oc5cccc(-c6nc(-c7ccc8ccccc8c7)nc(-c7cccc8oc9ccccc9c78)n6)c5c4c3)cc2)cc1. The van der Waals surface area contributed by atoms with Crippen molar-refractivity contribution >= 4 is 54.6 Å². The summed E-state index contributed by atoms with van der Waals surface area (Å²) in [5, 5.41) is 6.24. The zero-order valence-electron chi connectivity index (χ0n) is 28.9. The first-order valence-corrected chi connectivity index (χ1v) is 18.0. The molecule has 0 spiro atoms. The summed E-state index contributed by atoms with van der Waals surface area (Å²) in [4.78, 5) is 15.6. The van der Waals surface area contributed by atoms with E-state index in [2.05, 4.69) is 127 Å². The van der Waals surface area contributed by atoms with E-state index < -0.39 is 0 Å². The average molecular weight is 692 g/mol. The maximum atomic E-state index is 6.47. The Balaban J connectivity index is 1.12. The largest absolute Gasteiger partial charge is 0.456 e. The fraction of sp³-hybridized carbons (Fsp3) is 0. The van der Waals surface area contributed by atoms with Crippen LogP contribution < -0.4 is 0 Å². The minimum Gasteiger partial charge on any atom is -0.456 e. The average Bonchev–Trinajstić information content (AvgIpc) is 3.82. The van der Waals surface area contributed by atoms with Crippen molar-refractivity contribution < 1.29 is 8.83 Å². The first-order chi connectivity index (χ1) is 26.7. The van der Waals surface area contributed by atoms with E-state index in [1.807, 2.05) is 48.5 Å². The van der Waals surface area contributed by atoms with Crippen LogP contribution in [0.1, 0.15) is 0 Å². The summed E-state index contributed by atoms with van der Waals surface area (Å²) in [6.07, 6.45) is 0. The van der Waals surface area contributed by atoms with Gasteiger partial charge < -0.3 is 8.83 Å². The van der Waals surface area contributed by atoms with Crippen molar-refractivity contribution in [2.75, 3.05) is 0 Å². The molecule has 5 heteroatoms. The number of para-hydroxylation sites is 1. The molecule has 0 unspecified atom stereocenters. The quantitative estimate of drug-likeness (QED) is 0.180. The third kappa shape index (κ3) is 4.98. The lowest BCUT2D eigenvalue weighted by Crippen LogP contribution is -2.00. The van der Waals surface area contributed by atoms with Crippen LogP contribution in [0.3, 0.4) is 0 Å². The number of furan rings is 2. The number of nitrogens with zero attached hydrogens (tertiary/aromatic N) is 3. The van der Waals surface area contributed by atoms with E-state index in [-0.39, 0.29) is 0 Å². The predicted molar refractivity (Wildman–Crippen MR) is 219 cm³/mol. The van der Waals surface area contributed by atoms with Gasteiger partial charge in [0, 0.05) is 38.2 Å². The fourth-order valence-corrected chi connectivity index (χ4v) is 7.71. The summed E-state index contributed by atoms with van der Waals surface area (Å²) in [5.74, 6) is 1.73. The summed E-state index contributed by atoms with van der Waals surface area (Å²) < 4.78 is 12.8.